The van der Waals surface area contributed by atoms with Gasteiger partial charge in [0.05, 0.1) is 14.2 Å². The van der Waals surface area contributed by atoms with E-state index in [4.69, 9.17) is 4.74 Å². The molecule has 0 aromatic rings. The first kappa shape index (κ1) is 18.0. The van der Waals surface area contributed by atoms with Gasteiger partial charge in [-0.15, -0.1) is 0 Å². The molecule has 1 rings (SSSR count). The fourth-order valence-electron chi connectivity index (χ4n) is 3.21. The van der Waals surface area contributed by atoms with E-state index in [-0.39, 0.29) is 11.9 Å². The molecule has 0 bridgehead atoms. The molecule has 1 aliphatic rings. The third-order valence-corrected chi connectivity index (χ3v) is 4.67. The summed E-state index contributed by atoms with van der Waals surface area (Å²) < 4.78 is 9.33. The number of unbranched alkanes of at least 4 members (excludes halogenated alkanes) is 2. The van der Waals surface area contributed by atoms with Crippen LogP contribution in [0.2, 0.25) is 0 Å². The number of esters is 2. The van der Waals surface area contributed by atoms with E-state index in [9.17, 15) is 9.59 Å². The standard InChI is InChI=1S/C17H30O4/c1-20-16(18)7-5-3-4-6-14-8-10-15(11-9-14)12-13-17(19)21-2/h14-15H,3-13H2,1-2H3. The summed E-state index contributed by atoms with van der Waals surface area (Å²) >= 11 is 0. The van der Waals surface area contributed by atoms with Gasteiger partial charge in [0.15, 0.2) is 0 Å². The zero-order valence-electron chi connectivity index (χ0n) is 13.6. The second kappa shape index (κ2) is 10.6. The molecule has 122 valence electrons. The van der Waals surface area contributed by atoms with E-state index >= 15 is 0 Å². The Morgan fingerprint density at radius 1 is 0.762 bits per heavy atom. The van der Waals surface area contributed by atoms with Crippen molar-refractivity contribution >= 4 is 11.9 Å². The Labute approximate surface area is 128 Å². The van der Waals surface area contributed by atoms with Crippen molar-refractivity contribution in [1.82, 2.24) is 0 Å². The molecule has 0 spiro atoms. The first-order valence-corrected chi connectivity index (χ1v) is 8.29. The molecule has 1 fully saturated rings. The molecule has 0 atom stereocenters. The van der Waals surface area contributed by atoms with Crippen molar-refractivity contribution in [3.8, 4) is 0 Å². The van der Waals surface area contributed by atoms with Crippen LogP contribution in [0.15, 0.2) is 0 Å². The van der Waals surface area contributed by atoms with Gasteiger partial charge in [-0.05, 0) is 24.7 Å². The molecule has 1 saturated carbocycles. The number of hydrogen-bond donors (Lipinski definition) is 0. The fourth-order valence-corrected chi connectivity index (χ4v) is 3.21. The monoisotopic (exact) mass is 298 g/mol. The van der Waals surface area contributed by atoms with Crippen molar-refractivity contribution < 1.29 is 19.1 Å². The second-order valence-corrected chi connectivity index (χ2v) is 6.18. The SMILES string of the molecule is COC(=O)CCCCCC1CCC(CCC(=O)OC)CC1. The summed E-state index contributed by atoms with van der Waals surface area (Å²) in [7, 11) is 2.90. The lowest BCUT2D eigenvalue weighted by Crippen LogP contribution is -2.16. The highest BCUT2D eigenvalue weighted by Gasteiger charge is 2.21. The summed E-state index contributed by atoms with van der Waals surface area (Å²) in [5.41, 5.74) is 0. The molecule has 0 amide bonds. The maximum atomic E-state index is 11.1. The predicted octanol–water partition coefficient (Wildman–Crippen LogP) is 3.87. The average molecular weight is 298 g/mol. The first-order chi connectivity index (χ1) is 10.2. The zero-order valence-corrected chi connectivity index (χ0v) is 13.6. The Bertz CT molecular complexity index is 303. The minimum Gasteiger partial charge on any atom is -0.469 e. The molecule has 0 radical (unpaired) electrons. The van der Waals surface area contributed by atoms with Crippen LogP contribution < -0.4 is 0 Å². The van der Waals surface area contributed by atoms with E-state index in [1.54, 1.807) is 0 Å². The Morgan fingerprint density at radius 2 is 1.29 bits per heavy atom. The van der Waals surface area contributed by atoms with Gasteiger partial charge in [-0.2, -0.15) is 0 Å². The molecule has 0 aromatic heterocycles. The fraction of sp³-hybridized carbons (Fsp3) is 0.882. The molecule has 4 nitrogen and oxygen atoms in total. The quantitative estimate of drug-likeness (QED) is 0.479. The molecular weight excluding hydrogens is 268 g/mol. The first-order valence-electron chi connectivity index (χ1n) is 8.29. The number of methoxy groups -OCH3 is 2. The van der Waals surface area contributed by atoms with Gasteiger partial charge in [-0.25, -0.2) is 0 Å². The summed E-state index contributed by atoms with van der Waals surface area (Å²) in [5, 5.41) is 0. The molecule has 1 aliphatic carbocycles. The van der Waals surface area contributed by atoms with Crippen molar-refractivity contribution in [2.45, 2.75) is 70.6 Å². The van der Waals surface area contributed by atoms with Gasteiger partial charge in [-0.1, -0.05) is 44.9 Å². The maximum Gasteiger partial charge on any atom is 0.305 e. The molecule has 0 unspecified atom stereocenters. The van der Waals surface area contributed by atoms with Gasteiger partial charge >= 0.3 is 11.9 Å². The Morgan fingerprint density at radius 3 is 1.86 bits per heavy atom. The topological polar surface area (TPSA) is 52.6 Å². The van der Waals surface area contributed by atoms with Gasteiger partial charge in [0.1, 0.15) is 0 Å². The van der Waals surface area contributed by atoms with Gasteiger partial charge in [-0.3, -0.25) is 9.59 Å². The third kappa shape index (κ3) is 8.08. The van der Waals surface area contributed by atoms with E-state index in [2.05, 4.69) is 4.74 Å². The van der Waals surface area contributed by atoms with Gasteiger partial charge in [0.25, 0.3) is 0 Å². The summed E-state index contributed by atoms with van der Waals surface area (Å²) in [6, 6.07) is 0. The lowest BCUT2D eigenvalue weighted by Gasteiger charge is -2.28. The minimum absolute atomic E-state index is 0.0808. The van der Waals surface area contributed by atoms with E-state index < -0.39 is 0 Å². The van der Waals surface area contributed by atoms with Crippen LogP contribution in [0.5, 0.6) is 0 Å². The minimum atomic E-state index is -0.0962. The normalized spacial score (nSPS) is 21.8. The van der Waals surface area contributed by atoms with E-state index in [1.807, 2.05) is 0 Å². The van der Waals surface area contributed by atoms with Crippen molar-refractivity contribution in [3.05, 3.63) is 0 Å². The van der Waals surface area contributed by atoms with Gasteiger partial charge < -0.3 is 9.47 Å². The highest BCUT2D eigenvalue weighted by atomic mass is 16.5. The molecule has 0 N–H and O–H groups in total. The highest BCUT2D eigenvalue weighted by Crippen LogP contribution is 2.34. The zero-order chi connectivity index (χ0) is 15.5. The summed E-state index contributed by atoms with van der Waals surface area (Å²) in [5.74, 6) is 1.38. The molecular formula is C17H30O4. The largest absolute Gasteiger partial charge is 0.469 e. The number of hydrogen-bond acceptors (Lipinski definition) is 4. The van der Waals surface area contributed by atoms with Crippen LogP contribution in [0, 0.1) is 11.8 Å². The van der Waals surface area contributed by atoms with Crippen LogP contribution in [0.25, 0.3) is 0 Å². The maximum absolute atomic E-state index is 11.1. The van der Waals surface area contributed by atoms with Crippen LogP contribution in [0.1, 0.15) is 70.6 Å². The van der Waals surface area contributed by atoms with Gasteiger partial charge in [0, 0.05) is 12.8 Å². The van der Waals surface area contributed by atoms with E-state index in [0.717, 1.165) is 25.2 Å². The number of rotatable bonds is 9. The predicted molar refractivity (Wildman–Crippen MR) is 81.8 cm³/mol. The second-order valence-electron chi connectivity index (χ2n) is 6.18. The number of ether oxygens (including phenoxy) is 2. The van der Waals surface area contributed by atoms with Crippen molar-refractivity contribution in [2.24, 2.45) is 11.8 Å². The van der Waals surface area contributed by atoms with Crippen molar-refractivity contribution in [2.75, 3.05) is 14.2 Å². The highest BCUT2D eigenvalue weighted by molar-refractivity contribution is 5.69. The smallest absolute Gasteiger partial charge is 0.305 e. The van der Waals surface area contributed by atoms with E-state index in [0.29, 0.717) is 18.8 Å². The van der Waals surface area contributed by atoms with Crippen LogP contribution in [0.4, 0.5) is 0 Å². The van der Waals surface area contributed by atoms with Crippen molar-refractivity contribution in [1.29, 1.82) is 0 Å². The molecule has 0 heterocycles. The summed E-state index contributed by atoms with van der Waals surface area (Å²) in [4.78, 5) is 22.1. The lowest BCUT2D eigenvalue weighted by molar-refractivity contribution is -0.141. The average Bonchev–Trinajstić information content (AvgIpc) is 2.53. The molecule has 21 heavy (non-hydrogen) atoms. The van der Waals surface area contributed by atoms with E-state index in [1.165, 1.54) is 52.7 Å². The van der Waals surface area contributed by atoms with Gasteiger partial charge in [0.2, 0.25) is 0 Å². The third-order valence-electron chi connectivity index (χ3n) is 4.67. The summed E-state index contributed by atoms with van der Waals surface area (Å²) in [6.07, 6.45) is 11.8. The van der Waals surface area contributed by atoms with Crippen LogP contribution in [0.3, 0.4) is 0 Å². The Hall–Kier alpha value is -1.06. The molecule has 4 heteroatoms. The Kier molecular flexibility index (Phi) is 9.11. The Balaban J connectivity index is 2.00. The van der Waals surface area contributed by atoms with Crippen LogP contribution in [-0.2, 0) is 19.1 Å². The van der Waals surface area contributed by atoms with Crippen molar-refractivity contribution in [3.63, 3.8) is 0 Å². The lowest BCUT2D eigenvalue weighted by atomic mass is 9.78. The molecule has 0 saturated heterocycles. The van der Waals surface area contributed by atoms with Crippen LogP contribution >= 0.6 is 0 Å². The van der Waals surface area contributed by atoms with Crippen LogP contribution in [-0.4, -0.2) is 26.2 Å². The summed E-state index contributed by atoms with van der Waals surface area (Å²) in [6.45, 7) is 0. The number of carbonyl (C=O) groups is 2. The molecule has 0 aromatic carbocycles. The molecule has 0 aliphatic heterocycles. The number of carbonyl (C=O) groups excluding carboxylic acids is 2.